The molecule has 0 radical (unpaired) electrons. The summed E-state index contributed by atoms with van der Waals surface area (Å²) in [6, 6.07) is 5.92. The third kappa shape index (κ3) is 3.14. The van der Waals surface area contributed by atoms with Crippen LogP contribution in [0.5, 0.6) is 0 Å². The van der Waals surface area contributed by atoms with Gasteiger partial charge >= 0.3 is 0 Å². The third-order valence-electron chi connectivity index (χ3n) is 4.64. The highest BCUT2D eigenvalue weighted by Crippen LogP contribution is 2.40. The molecule has 3 rings (SSSR count). The van der Waals surface area contributed by atoms with Gasteiger partial charge in [-0.15, -0.1) is 0 Å². The predicted molar refractivity (Wildman–Crippen MR) is 85.5 cm³/mol. The number of nitrogens with zero attached hydrogens (tertiary/aromatic N) is 1. The van der Waals surface area contributed by atoms with E-state index < -0.39 is 0 Å². The van der Waals surface area contributed by atoms with Crippen molar-refractivity contribution in [3.63, 3.8) is 0 Å². The molecular weight excluding hydrogens is 291 g/mol. The summed E-state index contributed by atoms with van der Waals surface area (Å²) in [5.74, 6) is 0.845. The number of hydrogen-bond acceptors (Lipinski definition) is 2. The molecule has 110 valence electrons. The first-order valence-electron chi connectivity index (χ1n) is 7.49. The highest BCUT2D eigenvalue weighted by atomic mass is 35.5. The zero-order chi connectivity index (χ0) is 14.2. The van der Waals surface area contributed by atoms with E-state index >= 15 is 0 Å². The largest absolute Gasteiger partial charge is 0.310 e. The summed E-state index contributed by atoms with van der Waals surface area (Å²) >= 11 is 12.4. The Kier molecular flexibility index (Phi) is 4.28. The Bertz CT molecular complexity index is 487. The molecule has 0 bridgehead atoms. The topological polar surface area (TPSA) is 15.3 Å². The van der Waals surface area contributed by atoms with E-state index in [0.29, 0.717) is 10.0 Å². The lowest BCUT2D eigenvalue weighted by Gasteiger charge is -2.34. The van der Waals surface area contributed by atoms with Crippen molar-refractivity contribution in [1.82, 2.24) is 10.2 Å². The van der Waals surface area contributed by atoms with Crippen LogP contribution in [0.4, 0.5) is 0 Å². The van der Waals surface area contributed by atoms with Crippen molar-refractivity contribution >= 4 is 23.2 Å². The number of hydrogen-bond donors (Lipinski definition) is 1. The number of rotatable bonds is 3. The summed E-state index contributed by atoms with van der Waals surface area (Å²) in [7, 11) is 0. The predicted octanol–water partition coefficient (Wildman–Crippen LogP) is 3.96. The minimum Gasteiger partial charge on any atom is -0.310 e. The summed E-state index contributed by atoms with van der Waals surface area (Å²) in [4.78, 5) is 2.52. The zero-order valence-electron chi connectivity index (χ0n) is 12.0. The number of benzene rings is 1. The van der Waals surface area contributed by atoms with Gasteiger partial charge in [0, 0.05) is 18.6 Å². The first-order valence-corrected chi connectivity index (χ1v) is 8.24. The van der Waals surface area contributed by atoms with E-state index in [2.05, 4.69) is 23.2 Å². The van der Waals surface area contributed by atoms with Crippen LogP contribution in [0.25, 0.3) is 0 Å². The average Bonchev–Trinajstić information content (AvgIpc) is 3.23. The van der Waals surface area contributed by atoms with Gasteiger partial charge in [0.25, 0.3) is 0 Å². The summed E-state index contributed by atoms with van der Waals surface area (Å²) in [5.41, 5.74) is 1.40. The van der Waals surface area contributed by atoms with Crippen molar-refractivity contribution in [2.75, 3.05) is 19.6 Å². The lowest BCUT2D eigenvalue weighted by Crippen LogP contribution is -2.50. The molecule has 1 unspecified atom stereocenters. The van der Waals surface area contributed by atoms with Crippen LogP contribution >= 0.6 is 23.2 Å². The second kappa shape index (κ2) is 5.84. The van der Waals surface area contributed by atoms with Gasteiger partial charge in [-0.25, -0.2) is 0 Å². The Hall–Kier alpha value is -0.280. The van der Waals surface area contributed by atoms with Gasteiger partial charge < -0.3 is 5.32 Å². The van der Waals surface area contributed by atoms with Gasteiger partial charge in [0.2, 0.25) is 0 Å². The smallest absolute Gasteiger partial charge is 0.0637 e. The quantitative estimate of drug-likeness (QED) is 0.909. The molecule has 1 aromatic carbocycles. The van der Waals surface area contributed by atoms with Crippen molar-refractivity contribution in [3.05, 3.63) is 33.8 Å². The lowest BCUT2D eigenvalue weighted by molar-refractivity contribution is 0.195. The Morgan fingerprint density at radius 3 is 2.90 bits per heavy atom. The second-order valence-corrected chi connectivity index (χ2v) is 7.18. The van der Waals surface area contributed by atoms with E-state index in [1.807, 2.05) is 12.1 Å². The normalized spacial score (nSPS) is 28.4. The molecule has 2 nitrogen and oxygen atoms in total. The summed E-state index contributed by atoms with van der Waals surface area (Å²) < 4.78 is 0. The maximum atomic E-state index is 6.32. The van der Waals surface area contributed by atoms with Crippen LogP contribution in [0.15, 0.2) is 18.2 Å². The van der Waals surface area contributed by atoms with Gasteiger partial charge in [0.05, 0.1) is 10.0 Å². The van der Waals surface area contributed by atoms with Crippen molar-refractivity contribution in [1.29, 1.82) is 0 Å². The van der Waals surface area contributed by atoms with Crippen molar-refractivity contribution in [2.24, 2.45) is 5.92 Å². The molecular formula is C16H22Cl2N2. The fourth-order valence-corrected chi connectivity index (χ4v) is 3.70. The van der Waals surface area contributed by atoms with Gasteiger partial charge in [-0.05, 0) is 56.8 Å². The van der Waals surface area contributed by atoms with Gasteiger partial charge in [-0.2, -0.15) is 0 Å². The molecule has 1 aliphatic carbocycles. The molecule has 1 saturated heterocycles. The minimum atomic E-state index is 0.265. The molecule has 1 saturated carbocycles. The monoisotopic (exact) mass is 312 g/mol. The van der Waals surface area contributed by atoms with Crippen LogP contribution in [0.2, 0.25) is 10.0 Å². The summed E-state index contributed by atoms with van der Waals surface area (Å²) in [6.07, 6.45) is 3.94. The first-order chi connectivity index (χ1) is 9.58. The fraction of sp³-hybridized carbons (Fsp3) is 0.625. The van der Waals surface area contributed by atoms with Crippen molar-refractivity contribution < 1.29 is 0 Å². The molecule has 1 aliphatic heterocycles. The highest BCUT2D eigenvalue weighted by molar-refractivity contribution is 6.42. The minimum absolute atomic E-state index is 0.265. The molecule has 20 heavy (non-hydrogen) atoms. The Morgan fingerprint density at radius 1 is 1.35 bits per heavy atom. The highest BCUT2D eigenvalue weighted by Gasteiger charge is 2.42. The molecule has 0 aromatic heterocycles. The molecule has 2 aliphatic rings. The Morgan fingerprint density at radius 2 is 2.15 bits per heavy atom. The van der Waals surface area contributed by atoms with Crippen LogP contribution in [0.1, 0.15) is 31.7 Å². The molecule has 2 fully saturated rings. The molecule has 1 heterocycles. The van der Waals surface area contributed by atoms with Crippen LogP contribution in [-0.4, -0.2) is 30.1 Å². The summed E-state index contributed by atoms with van der Waals surface area (Å²) in [6.45, 7) is 6.61. The summed E-state index contributed by atoms with van der Waals surface area (Å²) in [5, 5.41) is 5.12. The molecule has 0 amide bonds. The van der Waals surface area contributed by atoms with Gasteiger partial charge in [-0.3, -0.25) is 4.90 Å². The van der Waals surface area contributed by atoms with Gasteiger partial charge in [-0.1, -0.05) is 35.3 Å². The maximum Gasteiger partial charge on any atom is 0.0637 e. The van der Waals surface area contributed by atoms with Crippen LogP contribution in [0.3, 0.4) is 0 Å². The van der Waals surface area contributed by atoms with Gasteiger partial charge in [0.15, 0.2) is 0 Å². The molecule has 0 spiro atoms. The number of nitrogens with one attached hydrogen (secondary N) is 1. The molecule has 1 aromatic rings. The standard InChI is InChI=1S/C16H22Cl2N2/c1-16(13-6-7-13)11-20(9-3-8-19-16)10-12-4-2-5-14(17)15(12)18/h2,4-5,13,19H,3,6-11H2,1H3. The van der Waals surface area contributed by atoms with E-state index in [4.69, 9.17) is 23.2 Å². The van der Waals surface area contributed by atoms with Crippen LogP contribution in [0, 0.1) is 5.92 Å². The maximum absolute atomic E-state index is 6.32. The molecule has 1 atom stereocenters. The van der Waals surface area contributed by atoms with Crippen molar-refractivity contribution in [3.8, 4) is 0 Å². The van der Waals surface area contributed by atoms with Gasteiger partial charge in [0.1, 0.15) is 0 Å². The zero-order valence-corrected chi connectivity index (χ0v) is 13.5. The SMILES string of the molecule is CC1(C2CC2)CN(Cc2cccc(Cl)c2Cl)CCCN1. The van der Waals surface area contributed by atoms with E-state index in [9.17, 15) is 0 Å². The second-order valence-electron chi connectivity index (χ2n) is 6.40. The number of halogens is 2. The molecule has 1 N–H and O–H groups in total. The Balaban J connectivity index is 1.74. The lowest BCUT2D eigenvalue weighted by atomic mass is 9.95. The van der Waals surface area contributed by atoms with E-state index in [0.717, 1.165) is 37.7 Å². The first kappa shape index (κ1) is 14.6. The van der Waals surface area contributed by atoms with Crippen molar-refractivity contribution in [2.45, 2.75) is 38.3 Å². The fourth-order valence-electron chi connectivity index (χ4n) is 3.32. The molecule has 4 heteroatoms. The Labute approximate surface area is 131 Å². The van der Waals surface area contributed by atoms with Crippen LogP contribution in [-0.2, 0) is 6.54 Å². The van der Waals surface area contributed by atoms with E-state index in [1.54, 1.807) is 0 Å². The van der Waals surface area contributed by atoms with E-state index in [-0.39, 0.29) is 5.54 Å². The van der Waals surface area contributed by atoms with Crippen LogP contribution < -0.4 is 5.32 Å². The third-order valence-corrected chi connectivity index (χ3v) is 5.49. The van der Waals surface area contributed by atoms with E-state index in [1.165, 1.54) is 19.3 Å². The average molecular weight is 313 g/mol.